The van der Waals surface area contributed by atoms with Gasteiger partial charge >= 0.3 is 11.9 Å². The van der Waals surface area contributed by atoms with Gasteiger partial charge in [-0.2, -0.15) is 5.10 Å². The smallest absolute Gasteiger partial charge is 0.331 e. The van der Waals surface area contributed by atoms with E-state index in [0.29, 0.717) is 27.5 Å². The molecule has 0 fully saturated rings. The minimum atomic E-state index is -1.58. The van der Waals surface area contributed by atoms with Gasteiger partial charge in [0, 0.05) is 28.3 Å². The van der Waals surface area contributed by atoms with Crippen LogP contribution < -0.4 is 4.74 Å². The molecule has 1 aliphatic carbocycles. The minimum Gasteiger partial charge on any atom is -0.489 e. The Morgan fingerprint density at radius 3 is 2.43 bits per heavy atom. The number of halogens is 1. The summed E-state index contributed by atoms with van der Waals surface area (Å²) in [4.78, 5) is 24.4. The second kappa shape index (κ2) is 9.90. The first-order valence-electron chi connectivity index (χ1n) is 11.9. The normalized spacial score (nSPS) is 17.2. The van der Waals surface area contributed by atoms with Crippen molar-refractivity contribution in [2.24, 2.45) is 0 Å². The Kier molecular flexibility index (Phi) is 7.02. The lowest BCUT2D eigenvalue weighted by molar-refractivity contribution is -0.142. The average Bonchev–Trinajstić information content (AvgIpc) is 3.11. The van der Waals surface area contributed by atoms with Gasteiger partial charge in [0.25, 0.3) is 0 Å². The lowest BCUT2D eigenvalue weighted by Gasteiger charge is -2.32. The summed E-state index contributed by atoms with van der Waals surface area (Å²) in [6, 6.07) is 10.8. The largest absolute Gasteiger partial charge is 0.489 e. The van der Waals surface area contributed by atoms with Gasteiger partial charge in [0.05, 0.1) is 11.4 Å². The third kappa shape index (κ3) is 4.67. The zero-order chi connectivity index (χ0) is 27.1. The van der Waals surface area contributed by atoms with E-state index in [9.17, 15) is 19.8 Å². The molecule has 1 aliphatic rings. The molecule has 4 rings (SSSR count). The Balaban J connectivity index is 1.68. The lowest BCUT2D eigenvalue weighted by Crippen LogP contribution is -2.38. The van der Waals surface area contributed by atoms with Gasteiger partial charge in [-0.25, -0.2) is 9.48 Å². The molecule has 1 unspecified atom stereocenters. The molecular weight excluding hydrogens is 492 g/mol. The summed E-state index contributed by atoms with van der Waals surface area (Å²) < 4.78 is 8.04. The molecule has 0 amide bonds. The fourth-order valence-corrected chi connectivity index (χ4v) is 4.94. The van der Waals surface area contributed by atoms with Crippen molar-refractivity contribution in [1.82, 2.24) is 9.78 Å². The molecule has 0 aliphatic heterocycles. The van der Waals surface area contributed by atoms with Gasteiger partial charge in [-0.05, 0) is 81.1 Å². The number of ether oxygens (including phenoxy) is 1. The third-order valence-electron chi connectivity index (χ3n) is 7.22. The van der Waals surface area contributed by atoms with Crippen LogP contribution in [-0.2, 0) is 21.6 Å². The third-order valence-corrected chi connectivity index (χ3v) is 7.57. The van der Waals surface area contributed by atoms with E-state index in [1.54, 1.807) is 37.3 Å². The monoisotopic (exact) mass is 520 g/mol. The van der Waals surface area contributed by atoms with Gasteiger partial charge in [0.1, 0.15) is 17.8 Å². The van der Waals surface area contributed by atoms with Gasteiger partial charge in [-0.3, -0.25) is 4.79 Å². The standard InChI is InChI=1S/C29H29ClN2O5/c1-16-11-12-29(28(35)36,14-22(16)27(33)34)24-7-6-8-25(30)23(24)15-37-26-10-9-21(13-17(26)2)32-20(5)18(3)19(4)31-32/h6-13H,14-15H2,1-5H3,(H,33,34)(H,35,36). The molecule has 0 radical (unpaired) electrons. The highest BCUT2D eigenvalue weighted by molar-refractivity contribution is 6.31. The van der Waals surface area contributed by atoms with Crippen molar-refractivity contribution < 1.29 is 24.5 Å². The maximum absolute atomic E-state index is 12.6. The first kappa shape index (κ1) is 26.2. The van der Waals surface area contributed by atoms with Gasteiger partial charge < -0.3 is 14.9 Å². The Hall–Kier alpha value is -3.84. The fourth-order valence-electron chi connectivity index (χ4n) is 4.71. The zero-order valence-electron chi connectivity index (χ0n) is 21.4. The van der Waals surface area contributed by atoms with E-state index in [2.05, 4.69) is 5.10 Å². The van der Waals surface area contributed by atoms with Crippen LogP contribution in [0.3, 0.4) is 0 Å². The second-order valence-electron chi connectivity index (χ2n) is 9.47. The molecule has 1 aromatic heterocycles. The molecule has 1 heterocycles. The van der Waals surface area contributed by atoms with Gasteiger partial charge in [0.15, 0.2) is 0 Å². The second-order valence-corrected chi connectivity index (χ2v) is 9.87. The summed E-state index contributed by atoms with van der Waals surface area (Å²) in [7, 11) is 0. The summed E-state index contributed by atoms with van der Waals surface area (Å²) in [6.45, 7) is 9.66. The van der Waals surface area contributed by atoms with E-state index >= 15 is 0 Å². The number of nitrogens with zero attached hydrogens (tertiary/aromatic N) is 2. The SMILES string of the molecule is CC1=C(C(=O)O)CC(C(=O)O)(c2cccc(Cl)c2COc2ccc(-n3nc(C)c(C)c3C)cc2C)C=C1. The molecule has 1 atom stereocenters. The Bertz CT molecular complexity index is 1480. The zero-order valence-corrected chi connectivity index (χ0v) is 22.2. The highest BCUT2D eigenvalue weighted by Gasteiger charge is 2.44. The maximum Gasteiger partial charge on any atom is 0.331 e. The van der Waals surface area contributed by atoms with Crippen molar-refractivity contribution in [3.05, 3.63) is 98.4 Å². The number of carboxylic acids is 2. The topological polar surface area (TPSA) is 102 Å². The Labute approximate surface area is 220 Å². The Morgan fingerprint density at radius 1 is 1.11 bits per heavy atom. The number of carboxylic acid groups (broad SMARTS) is 2. The number of aryl methyl sites for hydroxylation is 2. The van der Waals surface area contributed by atoms with Crippen molar-refractivity contribution >= 4 is 23.5 Å². The van der Waals surface area contributed by atoms with E-state index in [0.717, 1.165) is 28.2 Å². The highest BCUT2D eigenvalue weighted by atomic mass is 35.5. The number of hydrogen-bond acceptors (Lipinski definition) is 4. The Morgan fingerprint density at radius 2 is 1.84 bits per heavy atom. The number of aliphatic carboxylic acids is 2. The lowest BCUT2D eigenvalue weighted by atomic mass is 9.70. The van der Waals surface area contributed by atoms with Crippen LogP contribution in [0, 0.1) is 27.7 Å². The number of allylic oxidation sites excluding steroid dienone is 2. The maximum atomic E-state index is 12.6. The summed E-state index contributed by atoms with van der Waals surface area (Å²) in [5.41, 5.74) is 4.89. The van der Waals surface area contributed by atoms with Crippen molar-refractivity contribution in [3.8, 4) is 11.4 Å². The van der Waals surface area contributed by atoms with Crippen LogP contribution >= 0.6 is 11.6 Å². The summed E-state index contributed by atoms with van der Waals surface area (Å²) in [5, 5.41) is 24.9. The van der Waals surface area contributed by atoms with Crippen LogP contribution in [0.2, 0.25) is 5.02 Å². The first-order chi connectivity index (χ1) is 17.5. The van der Waals surface area contributed by atoms with E-state index in [1.165, 1.54) is 0 Å². The van der Waals surface area contributed by atoms with Crippen molar-refractivity contribution in [1.29, 1.82) is 0 Å². The van der Waals surface area contributed by atoms with E-state index in [-0.39, 0.29) is 18.6 Å². The minimum absolute atomic E-state index is 0.0161. The summed E-state index contributed by atoms with van der Waals surface area (Å²) >= 11 is 6.55. The molecule has 0 saturated heterocycles. The number of benzene rings is 2. The van der Waals surface area contributed by atoms with Gasteiger partial charge in [-0.1, -0.05) is 35.9 Å². The predicted molar refractivity (Wildman–Crippen MR) is 142 cm³/mol. The first-order valence-corrected chi connectivity index (χ1v) is 12.2. The molecule has 2 N–H and O–H groups in total. The summed E-state index contributed by atoms with van der Waals surface area (Å²) in [6.07, 6.45) is 2.90. The van der Waals surface area contributed by atoms with E-state index in [4.69, 9.17) is 16.3 Å². The van der Waals surface area contributed by atoms with Crippen molar-refractivity contribution in [2.45, 2.75) is 53.1 Å². The van der Waals surface area contributed by atoms with Crippen molar-refractivity contribution in [2.75, 3.05) is 0 Å². The molecule has 192 valence electrons. The van der Waals surface area contributed by atoms with E-state index in [1.807, 2.05) is 50.6 Å². The molecular formula is C29H29ClN2O5. The van der Waals surface area contributed by atoms with Crippen LogP contribution in [0.4, 0.5) is 0 Å². The van der Waals surface area contributed by atoms with Crippen LogP contribution in [-0.4, -0.2) is 31.9 Å². The van der Waals surface area contributed by atoms with Crippen LogP contribution in [0.25, 0.3) is 5.69 Å². The number of hydrogen-bond donors (Lipinski definition) is 2. The molecule has 37 heavy (non-hydrogen) atoms. The molecule has 0 bridgehead atoms. The van der Waals surface area contributed by atoms with E-state index < -0.39 is 17.4 Å². The summed E-state index contributed by atoms with van der Waals surface area (Å²) in [5.74, 6) is -1.67. The van der Waals surface area contributed by atoms with Crippen LogP contribution in [0.1, 0.15) is 47.0 Å². The molecule has 8 heteroatoms. The molecule has 7 nitrogen and oxygen atoms in total. The van der Waals surface area contributed by atoms with Gasteiger partial charge in [0.2, 0.25) is 0 Å². The molecule has 0 spiro atoms. The number of carbonyl (C=O) groups is 2. The fraction of sp³-hybridized carbons (Fsp3) is 0.276. The van der Waals surface area contributed by atoms with Crippen LogP contribution in [0.15, 0.2) is 59.7 Å². The van der Waals surface area contributed by atoms with Crippen molar-refractivity contribution in [3.63, 3.8) is 0 Å². The molecule has 0 saturated carbocycles. The molecule has 3 aromatic rings. The predicted octanol–water partition coefficient (Wildman–Crippen LogP) is 6.02. The number of rotatable bonds is 7. The average molecular weight is 521 g/mol. The molecule has 2 aromatic carbocycles. The van der Waals surface area contributed by atoms with Gasteiger partial charge in [-0.15, -0.1) is 0 Å². The quantitative estimate of drug-likeness (QED) is 0.395. The number of aromatic nitrogens is 2. The highest BCUT2D eigenvalue weighted by Crippen LogP contribution is 2.42. The van der Waals surface area contributed by atoms with Crippen LogP contribution in [0.5, 0.6) is 5.75 Å².